The number of hydrogen-bond donors (Lipinski definition) is 0. The summed E-state index contributed by atoms with van der Waals surface area (Å²) in [4.78, 5) is 26.6. The fraction of sp³-hybridized carbons (Fsp3) is 0.200. The minimum atomic E-state index is -2.99. The molecule has 0 aliphatic heterocycles. The largest absolute Gasteiger partial charge is 0.496 e. The Kier molecular flexibility index (Phi) is 6.83. The molecule has 0 amide bonds. The van der Waals surface area contributed by atoms with Crippen LogP contribution in [0.5, 0.6) is 5.75 Å². The third-order valence-electron chi connectivity index (χ3n) is 5.74. The van der Waals surface area contributed by atoms with Crippen molar-refractivity contribution >= 4 is 36.0 Å². The number of rotatable bonds is 6. The predicted octanol–water partition coefficient (Wildman–Crippen LogP) is 5.84. The summed E-state index contributed by atoms with van der Waals surface area (Å²) >= 11 is 6.25. The van der Waals surface area contributed by atoms with Crippen LogP contribution in [0, 0.1) is 27.7 Å². The molecule has 0 aromatic heterocycles. The molecule has 4 nitrogen and oxygen atoms in total. The molecule has 0 N–H and O–H groups in total. The van der Waals surface area contributed by atoms with Gasteiger partial charge in [-0.25, -0.2) is 0 Å². The molecule has 0 radical (unpaired) electrons. The zero-order valence-electron chi connectivity index (χ0n) is 18.1. The average Bonchev–Trinajstić information content (AvgIpc) is 2.77. The van der Waals surface area contributed by atoms with E-state index in [1.807, 2.05) is 26.8 Å². The van der Waals surface area contributed by atoms with Crippen molar-refractivity contribution in [1.82, 2.24) is 0 Å². The first-order valence-electron chi connectivity index (χ1n) is 9.82. The van der Waals surface area contributed by atoms with Crippen molar-refractivity contribution in [3.63, 3.8) is 0 Å². The zero-order valence-corrected chi connectivity index (χ0v) is 19.9. The van der Waals surface area contributed by atoms with E-state index in [9.17, 15) is 14.2 Å². The van der Waals surface area contributed by atoms with Gasteiger partial charge in [-0.05, 0) is 62.1 Å². The molecule has 3 aromatic carbocycles. The Morgan fingerprint density at radius 3 is 2.06 bits per heavy atom. The summed E-state index contributed by atoms with van der Waals surface area (Å²) in [6.45, 7) is 7.35. The van der Waals surface area contributed by atoms with E-state index in [0.29, 0.717) is 22.0 Å². The summed E-state index contributed by atoms with van der Waals surface area (Å²) < 4.78 is 18.9. The lowest BCUT2D eigenvalue weighted by Gasteiger charge is -2.20. The number of methoxy groups -OCH3 is 1. The molecule has 6 heteroatoms. The topological polar surface area (TPSA) is 60.4 Å². The van der Waals surface area contributed by atoms with Gasteiger partial charge in [-0.2, -0.15) is 0 Å². The third-order valence-corrected chi connectivity index (χ3v) is 7.93. The first-order valence-corrected chi connectivity index (χ1v) is 11.6. The molecule has 3 aromatic rings. The van der Waals surface area contributed by atoms with Crippen LogP contribution >= 0.6 is 19.4 Å². The van der Waals surface area contributed by atoms with Crippen molar-refractivity contribution in [2.24, 2.45) is 0 Å². The van der Waals surface area contributed by atoms with Gasteiger partial charge in [-0.1, -0.05) is 48.0 Å². The third kappa shape index (κ3) is 4.11. The van der Waals surface area contributed by atoms with E-state index in [4.69, 9.17) is 16.3 Å². The highest BCUT2D eigenvalue weighted by molar-refractivity contribution is 7.71. The first-order chi connectivity index (χ1) is 14.7. The Hall–Kier alpha value is -2.68. The smallest absolute Gasteiger partial charge is 0.228 e. The molecule has 0 saturated heterocycles. The van der Waals surface area contributed by atoms with E-state index in [1.165, 1.54) is 7.11 Å². The Balaban J connectivity index is 2.21. The molecule has 0 aliphatic carbocycles. The van der Waals surface area contributed by atoms with Crippen LogP contribution in [0.3, 0.4) is 0 Å². The van der Waals surface area contributed by atoms with E-state index in [-0.39, 0.29) is 22.1 Å². The highest BCUT2D eigenvalue weighted by Crippen LogP contribution is 2.38. The zero-order chi connectivity index (χ0) is 22.9. The van der Waals surface area contributed by atoms with E-state index in [1.54, 1.807) is 49.4 Å². The van der Waals surface area contributed by atoms with Crippen molar-refractivity contribution in [3.8, 4) is 5.75 Å². The number of benzene rings is 3. The van der Waals surface area contributed by atoms with Gasteiger partial charge in [0.05, 0.1) is 17.7 Å². The molecular weight excluding hydrogens is 431 g/mol. The molecule has 0 saturated carbocycles. The second kappa shape index (κ2) is 9.21. The minimum Gasteiger partial charge on any atom is -0.496 e. The van der Waals surface area contributed by atoms with Gasteiger partial charge in [0, 0.05) is 16.4 Å². The second-order valence-electron chi connectivity index (χ2n) is 7.42. The van der Waals surface area contributed by atoms with Crippen molar-refractivity contribution in [1.29, 1.82) is 0 Å². The fourth-order valence-electron chi connectivity index (χ4n) is 3.88. The SMILES string of the molecule is COc1cccc(Cl)c1C(=O)[PH](=O)c1c(C)c(C)c(C)c(C(=O)c2ccccc2)c1C. The number of halogens is 1. The van der Waals surface area contributed by atoms with E-state index in [0.717, 1.165) is 16.7 Å². The lowest BCUT2D eigenvalue weighted by molar-refractivity contribution is 0.103. The molecule has 160 valence electrons. The summed E-state index contributed by atoms with van der Waals surface area (Å²) in [6.07, 6.45) is 0. The van der Waals surface area contributed by atoms with Crippen LogP contribution in [0.4, 0.5) is 0 Å². The summed E-state index contributed by atoms with van der Waals surface area (Å²) in [6, 6.07) is 13.8. The van der Waals surface area contributed by atoms with E-state index in [2.05, 4.69) is 0 Å². The van der Waals surface area contributed by atoms with Crippen LogP contribution < -0.4 is 10.0 Å². The van der Waals surface area contributed by atoms with Crippen LogP contribution in [0.1, 0.15) is 48.5 Å². The van der Waals surface area contributed by atoms with Gasteiger partial charge >= 0.3 is 0 Å². The van der Waals surface area contributed by atoms with Gasteiger partial charge in [0.1, 0.15) is 5.75 Å². The lowest BCUT2D eigenvalue weighted by Crippen LogP contribution is -2.20. The standard InChI is InChI=1S/C25H24ClO4P/c1-14-15(2)21(23(27)18-10-7-6-8-11-18)17(4)24(16(14)3)31(29)25(28)22-19(26)12-9-13-20(22)30-5/h6-13,31H,1-5H3. The monoisotopic (exact) mass is 454 g/mol. The summed E-state index contributed by atoms with van der Waals surface area (Å²) in [5.41, 5.74) is 3.54. The van der Waals surface area contributed by atoms with Crippen LogP contribution in [0.15, 0.2) is 48.5 Å². The van der Waals surface area contributed by atoms with Gasteiger partial charge in [0.25, 0.3) is 0 Å². The van der Waals surface area contributed by atoms with Crippen LogP contribution in [-0.2, 0) is 4.57 Å². The molecule has 0 fully saturated rings. The van der Waals surface area contributed by atoms with Gasteiger partial charge in [-0.3, -0.25) is 9.59 Å². The molecule has 0 aliphatic rings. The molecular formula is C25H24ClO4P. The van der Waals surface area contributed by atoms with Gasteiger partial charge in [-0.15, -0.1) is 0 Å². The predicted molar refractivity (Wildman–Crippen MR) is 126 cm³/mol. The minimum absolute atomic E-state index is 0.100. The second-order valence-corrected chi connectivity index (χ2v) is 9.44. The maximum atomic E-state index is 13.6. The number of hydrogen-bond acceptors (Lipinski definition) is 4. The summed E-state index contributed by atoms with van der Waals surface area (Å²) in [5.74, 6) is 0.119. The number of ether oxygens (including phenoxy) is 1. The number of carbonyl (C=O) groups excluding carboxylic acids is 2. The lowest BCUT2D eigenvalue weighted by atomic mass is 9.89. The van der Waals surface area contributed by atoms with Crippen molar-refractivity contribution < 1.29 is 18.9 Å². The average molecular weight is 455 g/mol. The Labute approximate surface area is 188 Å². The Bertz CT molecular complexity index is 1220. The molecule has 0 spiro atoms. The molecule has 1 unspecified atom stereocenters. The van der Waals surface area contributed by atoms with Gasteiger partial charge < -0.3 is 9.30 Å². The molecule has 3 rings (SSSR count). The highest BCUT2D eigenvalue weighted by atomic mass is 35.5. The number of ketones is 1. The van der Waals surface area contributed by atoms with Crippen LogP contribution in [-0.4, -0.2) is 18.4 Å². The molecule has 0 heterocycles. The van der Waals surface area contributed by atoms with Crippen molar-refractivity contribution in [3.05, 3.63) is 92.5 Å². The molecule has 31 heavy (non-hydrogen) atoms. The Morgan fingerprint density at radius 1 is 0.806 bits per heavy atom. The van der Waals surface area contributed by atoms with Crippen molar-refractivity contribution in [2.75, 3.05) is 7.11 Å². The van der Waals surface area contributed by atoms with E-state index < -0.39 is 13.3 Å². The van der Waals surface area contributed by atoms with Crippen LogP contribution in [0.2, 0.25) is 5.02 Å². The normalized spacial score (nSPS) is 11.8. The van der Waals surface area contributed by atoms with Crippen molar-refractivity contribution in [2.45, 2.75) is 27.7 Å². The molecule has 0 bridgehead atoms. The number of carbonyl (C=O) groups is 2. The highest BCUT2D eigenvalue weighted by Gasteiger charge is 2.29. The van der Waals surface area contributed by atoms with Crippen LogP contribution in [0.25, 0.3) is 0 Å². The molecule has 1 atom stereocenters. The van der Waals surface area contributed by atoms with E-state index >= 15 is 0 Å². The van der Waals surface area contributed by atoms with Gasteiger partial charge in [0.2, 0.25) is 5.52 Å². The quantitative estimate of drug-likeness (QED) is 0.347. The fourth-order valence-corrected chi connectivity index (χ4v) is 5.92. The summed E-state index contributed by atoms with van der Waals surface area (Å²) in [5, 5.41) is 0.599. The maximum Gasteiger partial charge on any atom is 0.228 e. The first kappa shape index (κ1) is 23.0. The maximum absolute atomic E-state index is 13.6. The van der Waals surface area contributed by atoms with Gasteiger partial charge in [0.15, 0.2) is 13.6 Å². The Morgan fingerprint density at radius 2 is 1.45 bits per heavy atom. The summed E-state index contributed by atoms with van der Waals surface area (Å²) in [7, 11) is -1.56.